The minimum absolute atomic E-state index is 0.218. The number of nitrogens with zero attached hydrogens (tertiary/aromatic N) is 1. The van der Waals surface area contributed by atoms with Crippen LogP contribution in [-0.4, -0.2) is 16.1 Å². The van der Waals surface area contributed by atoms with E-state index in [0.717, 1.165) is 22.3 Å². The summed E-state index contributed by atoms with van der Waals surface area (Å²) in [6, 6.07) is 21.2. The van der Waals surface area contributed by atoms with E-state index in [9.17, 15) is 9.90 Å². The van der Waals surface area contributed by atoms with Crippen LogP contribution in [0, 0.1) is 0 Å². The molecule has 0 unspecified atom stereocenters. The monoisotopic (exact) mass is 411 g/mol. The second kappa shape index (κ2) is 7.72. The molecule has 3 aromatic carbocycles. The highest BCUT2D eigenvalue weighted by atomic mass is 16.4. The maximum atomic E-state index is 11.2. The molecule has 1 heterocycles. The molecular weight excluding hydrogens is 390 g/mol. The Morgan fingerprint density at radius 1 is 0.581 bits per heavy atom. The van der Waals surface area contributed by atoms with Crippen molar-refractivity contribution in [1.82, 2.24) is 4.98 Å². The Bertz CT molecular complexity index is 1230. The number of benzene rings is 3. The molecule has 4 aromatic rings. The molecule has 31 heavy (non-hydrogen) atoms. The maximum Gasteiger partial charge on any atom is 0.335 e. The number of nitrogens with two attached hydrogens (primary N) is 4. The molecular formula is C24H21N5O2. The van der Waals surface area contributed by atoms with Gasteiger partial charge < -0.3 is 28.0 Å². The number of aromatic nitrogens is 1. The number of nitrogen functional groups attached to an aromatic ring is 4. The van der Waals surface area contributed by atoms with Gasteiger partial charge in [0.25, 0.3) is 0 Å². The van der Waals surface area contributed by atoms with Gasteiger partial charge in [-0.25, -0.2) is 9.78 Å². The Morgan fingerprint density at radius 2 is 1.03 bits per heavy atom. The third-order valence-corrected chi connectivity index (χ3v) is 5.06. The Morgan fingerprint density at radius 3 is 1.45 bits per heavy atom. The van der Waals surface area contributed by atoms with Crippen molar-refractivity contribution in [3.05, 3.63) is 78.4 Å². The smallest absolute Gasteiger partial charge is 0.335 e. The highest BCUT2D eigenvalue weighted by Gasteiger charge is 2.12. The number of pyridine rings is 1. The lowest BCUT2D eigenvalue weighted by Gasteiger charge is -2.12. The van der Waals surface area contributed by atoms with Crippen LogP contribution in [0.25, 0.3) is 33.6 Å². The molecule has 0 saturated carbocycles. The fourth-order valence-corrected chi connectivity index (χ4v) is 3.27. The van der Waals surface area contributed by atoms with Gasteiger partial charge in [-0.2, -0.15) is 0 Å². The fourth-order valence-electron chi connectivity index (χ4n) is 3.27. The molecule has 0 saturated heterocycles. The highest BCUT2D eigenvalue weighted by molar-refractivity contribution is 5.89. The summed E-state index contributed by atoms with van der Waals surface area (Å²) in [5.74, 6) is -0.975. The van der Waals surface area contributed by atoms with E-state index in [0.29, 0.717) is 34.1 Å². The summed E-state index contributed by atoms with van der Waals surface area (Å²) < 4.78 is 0. The predicted molar refractivity (Wildman–Crippen MR) is 125 cm³/mol. The number of carboxylic acids is 1. The van der Waals surface area contributed by atoms with Gasteiger partial charge in [-0.1, -0.05) is 24.3 Å². The molecule has 0 aliphatic heterocycles. The summed E-state index contributed by atoms with van der Waals surface area (Å²) in [7, 11) is 0. The van der Waals surface area contributed by atoms with E-state index < -0.39 is 5.97 Å². The molecule has 154 valence electrons. The first kappa shape index (κ1) is 19.8. The van der Waals surface area contributed by atoms with Crippen molar-refractivity contribution in [3.63, 3.8) is 0 Å². The van der Waals surface area contributed by atoms with Crippen molar-refractivity contribution in [2.75, 3.05) is 22.9 Å². The number of carbonyl (C=O) groups is 1. The summed E-state index contributed by atoms with van der Waals surface area (Å²) in [5.41, 5.74) is 30.6. The van der Waals surface area contributed by atoms with Crippen LogP contribution < -0.4 is 22.9 Å². The van der Waals surface area contributed by atoms with Crippen LogP contribution >= 0.6 is 0 Å². The van der Waals surface area contributed by atoms with Gasteiger partial charge in [0.1, 0.15) is 0 Å². The third kappa shape index (κ3) is 3.97. The zero-order valence-corrected chi connectivity index (χ0v) is 16.5. The average Bonchev–Trinajstić information content (AvgIpc) is 2.77. The predicted octanol–water partition coefficient (Wildman–Crippen LogP) is 4.11. The van der Waals surface area contributed by atoms with E-state index in [1.807, 2.05) is 24.3 Å². The maximum absolute atomic E-state index is 11.2. The number of rotatable bonds is 4. The molecule has 0 aliphatic carbocycles. The number of aromatic carboxylic acids is 1. The third-order valence-electron chi connectivity index (χ3n) is 5.06. The molecule has 0 aliphatic rings. The van der Waals surface area contributed by atoms with Crippen molar-refractivity contribution in [3.8, 4) is 33.6 Å². The number of hydrogen-bond acceptors (Lipinski definition) is 6. The minimum Gasteiger partial charge on any atom is -0.478 e. The van der Waals surface area contributed by atoms with Gasteiger partial charge in [0, 0.05) is 11.1 Å². The van der Waals surface area contributed by atoms with Crippen molar-refractivity contribution in [2.24, 2.45) is 0 Å². The average molecular weight is 411 g/mol. The van der Waals surface area contributed by atoms with Gasteiger partial charge in [0.2, 0.25) is 0 Å². The van der Waals surface area contributed by atoms with Crippen molar-refractivity contribution in [1.29, 1.82) is 0 Å². The summed E-state index contributed by atoms with van der Waals surface area (Å²) in [6.07, 6.45) is 0. The van der Waals surface area contributed by atoms with Crippen LogP contribution in [0.1, 0.15) is 10.4 Å². The largest absolute Gasteiger partial charge is 0.478 e. The lowest BCUT2D eigenvalue weighted by Crippen LogP contribution is -1.98. The van der Waals surface area contributed by atoms with E-state index in [1.54, 1.807) is 48.5 Å². The molecule has 0 fully saturated rings. The van der Waals surface area contributed by atoms with Crippen LogP contribution in [-0.2, 0) is 0 Å². The van der Waals surface area contributed by atoms with Crippen LogP contribution in [0.4, 0.5) is 22.7 Å². The molecule has 0 bridgehead atoms. The van der Waals surface area contributed by atoms with Crippen molar-refractivity contribution < 1.29 is 9.90 Å². The van der Waals surface area contributed by atoms with Gasteiger partial charge in [-0.3, -0.25) is 0 Å². The number of anilines is 4. The van der Waals surface area contributed by atoms with Crippen LogP contribution in [0.15, 0.2) is 72.8 Å². The van der Waals surface area contributed by atoms with Crippen LogP contribution in [0.2, 0.25) is 0 Å². The number of carboxylic acid groups (broad SMARTS) is 1. The first-order valence-corrected chi connectivity index (χ1v) is 9.48. The second-order valence-electron chi connectivity index (χ2n) is 7.20. The lowest BCUT2D eigenvalue weighted by molar-refractivity contribution is 0.0697. The van der Waals surface area contributed by atoms with Gasteiger partial charge >= 0.3 is 5.97 Å². The zero-order chi connectivity index (χ0) is 22.1. The summed E-state index contributed by atoms with van der Waals surface area (Å²) in [5, 5.41) is 9.17. The first-order chi connectivity index (χ1) is 14.8. The SMILES string of the molecule is Nc1ccc(-c2cc(-c3ccc(C(=O)O)cc3)cc(-c3ccc(N)c(N)c3)n2)cc1N. The van der Waals surface area contributed by atoms with Gasteiger partial charge in [0.05, 0.1) is 39.7 Å². The molecule has 4 rings (SSSR count). The molecule has 0 radical (unpaired) electrons. The van der Waals surface area contributed by atoms with Crippen molar-refractivity contribution in [2.45, 2.75) is 0 Å². The van der Waals surface area contributed by atoms with Gasteiger partial charge in [-0.05, 0) is 59.7 Å². The topological polar surface area (TPSA) is 154 Å². The summed E-state index contributed by atoms with van der Waals surface area (Å²) in [6.45, 7) is 0. The van der Waals surface area contributed by atoms with Gasteiger partial charge in [0.15, 0.2) is 0 Å². The summed E-state index contributed by atoms with van der Waals surface area (Å²) in [4.78, 5) is 16.0. The Hall–Kier alpha value is -4.52. The Kier molecular flexibility index (Phi) is 4.92. The Labute approximate surface area is 179 Å². The quantitative estimate of drug-likeness (QED) is 0.317. The molecule has 7 nitrogen and oxygen atoms in total. The van der Waals surface area contributed by atoms with E-state index in [2.05, 4.69) is 0 Å². The fraction of sp³-hybridized carbons (Fsp3) is 0. The minimum atomic E-state index is -0.975. The van der Waals surface area contributed by atoms with E-state index in [4.69, 9.17) is 27.9 Å². The van der Waals surface area contributed by atoms with E-state index in [1.165, 1.54) is 0 Å². The molecule has 0 spiro atoms. The van der Waals surface area contributed by atoms with E-state index in [-0.39, 0.29) is 5.56 Å². The molecule has 9 N–H and O–H groups in total. The second-order valence-corrected chi connectivity index (χ2v) is 7.20. The number of hydrogen-bond donors (Lipinski definition) is 5. The van der Waals surface area contributed by atoms with Crippen LogP contribution in [0.3, 0.4) is 0 Å². The lowest BCUT2D eigenvalue weighted by atomic mass is 9.98. The molecule has 0 amide bonds. The summed E-state index contributed by atoms with van der Waals surface area (Å²) >= 11 is 0. The van der Waals surface area contributed by atoms with E-state index >= 15 is 0 Å². The zero-order valence-electron chi connectivity index (χ0n) is 16.5. The standard InChI is InChI=1S/C24H21N5O2/c25-18-7-5-15(9-20(18)27)22-11-17(13-1-3-14(4-2-13)24(30)31)12-23(29-22)16-6-8-19(26)21(28)10-16/h1-12H,25-28H2,(H,30,31). The van der Waals surface area contributed by atoms with Crippen molar-refractivity contribution >= 4 is 28.7 Å². The molecule has 0 atom stereocenters. The molecule has 1 aromatic heterocycles. The Balaban J connectivity index is 1.90. The molecule has 7 heteroatoms. The normalized spacial score (nSPS) is 10.7. The first-order valence-electron chi connectivity index (χ1n) is 9.48. The van der Waals surface area contributed by atoms with Crippen LogP contribution in [0.5, 0.6) is 0 Å². The highest BCUT2D eigenvalue weighted by Crippen LogP contribution is 2.33. The van der Waals surface area contributed by atoms with Gasteiger partial charge in [-0.15, -0.1) is 0 Å².